The lowest BCUT2D eigenvalue weighted by molar-refractivity contribution is -0.143. The third-order valence-corrected chi connectivity index (χ3v) is 4.55. The molecule has 11 heteroatoms. The van der Waals surface area contributed by atoms with Gasteiger partial charge in [0.05, 0.1) is 19.1 Å². The van der Waals surface area contributed by atoms with Crippen LogP contribution in [0.5, 0.6) is 0 Å². The summed E-state index contributed by atoms with van der Waals surface area (Å²) in [6.45, 7) is 1.19. The van der Waals surface area contributed by atoms with Crippen LogP contribution in [0.1, 0.15) is 24.9 Å². The summed E-state index contributed by atoms with van der Waals surface area (Å²) in [7, 11) is 2.40. The number of benzene rings is 1. The van der Waals surface area contributed by atoms with Crippen molar-refractivity contribution in [2.75, 3.05) is 6.61 Å². The Morgan fingerprint density at radius 2 is 1.66 bits per heavy atom. The first-order valence-corrected chi connectivity index (χ1v) is 9.11. The molecule has 29 heavy (non-hydrogen) atoms. The second kappa shape index (κ2) is 9.37. The highest BCUT2D eigenvalue weighted by atomic mass is 35.5. The molecule has 0 fully saturated rings. The van der Waals surface area contributed by atoms with Gasteiger partial charge in [0.2, 0.25) is 5.91 Å². The molecule has 1 N–H and O–H groups in total. The Balaban J connectivity index is 2.33. The van der Waals surface area contributed by atoms with Crippen LogP contribution in [0.25, 0.3) is 0 Å². The first kappa shape index (κ1) is 22.2. The predicted octanol–water partition coefficient (Wildman–Crippen LogP) is -0.290. The Morgan fingerprint density at radius 1 is 1.07 bits per heavy atom. The summed E-state index contributed by atoms with van der Waals surface area (Å²) >= 11 is 6.18. The van der Waals surface area contributed by atoms with Gasteiger partial charge in [0.1, 0.15) is 6.54 Å². The summed E-state index contributed by atoms with van der Waals surface area (Å²) in [5.74, 6) is -1.26. The number of ether oxygens (including phenoxy) is 1. The minimum atomic E-state index is -0.923. The molecule has 0 saturated heterocycles. The maximum Gasteiger partial charge on any atom is 0.336 e. The lowest BCUT2D eigenvalue weighted by Gasteiger charge is -2.20. The molecule has 0 spiro atoms. The maximum absolute atomic E-state index is 12.6. The lowest BCUT2D eigenvalue weighted by Crippen LogP contribution is -2.54. The normalized spacial score (nSPS) is 11.7. The Morgan fingerprint density at radius 3 is 2.21 bits per heavy atom. The monoisotopic (exact) mass is 424 g/mol. The van der Waals surface area contributed by atoms with E-state index in [1.165, 1.54) is 14.1 Å². The molecule has 0 aliphatic heterocycles. The number of rotatable bonds is 7. The highest BCUT2D eigenvalue weighted by Crippen LogP contribution is 2.25. The van der Waals surface area contributed by atoms with Gasteiger partial charge >= 0.3 is 23.0 Å². The minimum absolute atomic E-state index is 0.172. The van der Waals surface area contributed by atoms with Crippen molar-refractivity contribution in [2.45, 2.75) is 25.9 Å². The fraction of sp³-hybridized carbons (Fsp3) is 0.389. The van der Waals surface area contributed by atoms with Crippen LogP contribution in [-0.2, 0) is 35.0 Å². The summed E-state index contributed by atoms with van der Waals surface area (Å²) in [6.07, 6.45) is -0.191. The number of carbonyl (C=O) groups is 2. The summed E-state index contributed by atoms with van der Waals surface area (Å²) < 4.78 is 7.01. The van der Waals surface area contributed by atoms with Gasteiger partial charge < -0.3 is 10.1 Å². The topological polar surface area (TPSA) is 121 Å². The van der Waals surface area contributed by atoms with Gasteiger partial charge in [0.15, 0.2) is 0 Å². The lowest BCUT2D eigenvalue weighted by atomic mass is 10.0. The molecule has 1 heterocycles. The molecule has 1 unspecified atom stereocenters. The Labute approximate surface area is 170 Å². The summed E-state index contributed by atoms with van der Waals surface area (Å²) in [5.41, 5.74) is -2.16. The largest absolute Gasteiger partial charge is 0.466 e. The smallest absolute Gasteiger partial charge is 0.336 e. The van der Waals surface area contributed by atoms with Crippen LogP contribution < -0.4 is 22.4 Å². The van der Waals surface area contributed by atoms with Crippen LogP contribution in [-0.4, -0.2) is 32.2 Å². The van der Waals surface area contributed by atoms with E-state index in [2.05, 4.69) is 5.32 Å². The molecule has 156 valence electrons. The number of nitrogens with zero attached hydrogens (tertiary/aromatic N) is 3. The highest BCUT2D eigenvalue weighted by Gasteiger charge is 2.22. The highest BCUT2D eigenvalue weighted by molar-refractivity contribution is 6.31. The zero-order valence-corrected chi connectivity index (χ0v) is 16.9. The number of hydrogen-bond acceptors (Lipinski definition) is 6. The van der Waals surface area contributed by atoms with Crippen molar-refractivity contribution in [1.82, 2.24) is 19.0 Å². The van der Waals surface area contributed by atoms with Crippen molar-refractivity contribution in [1.29, 1.82) is 0 Å². The van der Waals surface area contributed by atoms with Gasteiger partial charge in [-0.25, -0.2) is 28.1 Å². The Hall–Kier alpha value is -3.14. The van der Waals surface area contributed by atoms with Gasteiger partial charge in [-0.1, -0.05) is 29.8 Å². The number of carbonyl (C=O) groups excluding carboxylic acids is 2. The van der Waals surface area contributed by atoms with Crippen LogP contribution in [0.15, 0.2) is 38.6 Å². The van der Waals surface area contributed by atoms with Gasteiger partial charge in [-0.2, -0.15) is 0 Å². The maximum atomic E-state index is 12.6. The van der Waals surface area contributed by atoms with Crippen molar-refractivity contribution in [3.63, 3.8) is 0 Å². The van der Waals surface area contributed by atoms with E-state index in [1.54, 1.807) is 31.2 Å². The molecule has 1 amide bonds. The third-order valence-electron chi connectivity index (χ3n) is 4.20. The van der Waals surface area contributed by atoms with Gasteiger partial charge in [-0.15, -0.1) is 0 Å². The molecule has 0 radical (unpaired) electrons. The molecule has 0 aliphatic rings. The van der Waals surface area contributed by atoms with E-state index >= 15 is 0 Å². The third kappa shape index (κ3) is 5.02. The summed E-state index contributed by atoms with van der Waals surface area (Å²) in [6, 6.07) is 5.81. The van der Waals surface area contributed by atoms with E-state index in [9.17, 15) is 24.0 Å². The van der Waals surface area contributed by atoms with Gasteiger partial charge in [-0.05, 0) is 18.6 Å². The van der Waals surface area contributed by atoms with E-state index in [4.69, 9.17) is 16.3 Å². The first-order chi connectivity index (χ1) is 13.7. The quantitative estimate of drug-likeness (QED) is 0.609. The minimum Gasteiger partial charge on any atom is -0.466 e. The number of amides is 1. The molecule has 0 saturated carbocycles. The summed E-state index contributed by atoms with van der Waals surface area (Å²) in [5, 5.41) is 2.93. The van der Waals surface area contributed by atoms with Crippen LogP contribution in [0.2, 0.25) is 5.02 Å². The van der Waals surface area contributed by atoms with E-state index in [-0.39, 0.29) is 13.0 Å². The average Bonchev–Trinajstić information content (AvgIpc) is 2.68. The van der Waals surface area contributed by atoms with E-state index in [0.717, 1.165) is 9.13 Å². The van der Waals surface area contributed by atoms with E-state index in [0.29, 0.717) is 15.2 Å². The Bertz CT molecular complexity index is 1060. The van der Waals surface area contributed by atoms with Crippen LogP contribution >= 0.6 is 11.6 Å². The number of halogens is 1. The average molecular weight is 425 g/mol. The molecular formula is C18H21ClN4O6. The molecule has 1 aromatic carbocycles. The van der Waals surface area contributed by atoms with Crippen LogP contribution in [0.4, 0.5) is 0 Å². The SMILES string of the molecule is CCOC(=O)CC(NC(=O)Cn1c(=O)n(C)c(=O)n(C)c1=O)c1ccccc1Cl. The zero-order valence-electron chi connectivity index (χ0n) is 16.2. The summed E-state index contributed by atoms with van der Waals surface area (Å²) in [4.78, 5) is 60.7. The van der Waals surface area contributed by atoms with Crippen molar-refractivity contribution < 1.29 is 14.3 Å². The second-order valence-corrected chi connectivity index (χ2v) is 6.61. The van der Waals surface area contributed by atoms with Crippen LogP contribution in [0.3, 0.4) is 0 Å². The number of aromatic nitrogens is 3. The second-order valence-electron chi connectivity index (χ2n) is 6.20. The number of esters is 1. The molecule has 2 aromatic rings. The molecule has 1 aromatic heterocycles. The zero-order chi connectivity index (χ0) is 21.7. The molecule has 1 atom stereocenters. The number of nitrogens with one attached hydrogen (secondary N) is 1. The van der Waals surface area contributed by atoms with Gasteiger partial charge in [0, 0.05) is 19.1 Å². The van der Waals surface area contributed by atoms with E-state index < -0.39 is 41.5 Å². The number of hydrogen-bond donors (Lipinski definition) is 1. The van der Waals surface area contributed by atoms with Crippen molar-refractivity contribution in [2.24, 2.45) is 14.1 Å². The first-order valence-electron chi connectivity index (χ1n) is 8.73. The van der Waals surface area contributed by atoms with E-state index in [1.807, 2.05) is 0 Å². The van der Waals surface area contributed by atoms with Gasteiger partial charge in [-0.3, -0.25) is 9.59 Å². The molecule has 10 nitrogen and oxygen atoms in total. The predicted molar refractivity (Wildman–Crippen MR) is 105 cm³/mol. The van der Waals surface area contributed by atoms with Crippen molar-refractivity contribution in [3.05, 3.63) is 66.3 Å². The molecule has 0 aliphatic carbocycles. The Kier molecular flexibility index (Phi) is 7.16. The van der Waals surface area contributed by atoms with Gasteiger partial charge in [0.25, 0.3) is 0 Å². The standard InChI is InChI=1S/C18H21ClN4O6/c1-4-29-15(25)9-13(11-7-5-6-8-12(11)19)20-14(24)10-23-17(27)21(2)16(26)22(3)18(23)28/h5-8,13H,4,9-10H2,1-3H3,(H,20,24). The fourth-order valence-corrected chi connectivity index (χ4v) is 3.00. The van der Waals surface area contributed by atoms with Crippen LogP contribution in [0, 0.1) is 0 Å². The molecule has 0 bridgehead atoms. The van der Waals surface area contributed by atoms with Crippen molar-refractivity contribution >= 4 is 23.5 Å². The van der Waals surface area contributed by atoms with Crippen molar-refractivity contribution in [3.8, 4) is 0 Å². The molecule has 2 rings (SSSR count). The molecular weight excluding hydrogens is 404 g/mol. The fourth-order valence-electron chi connectivity index (χ4n) is 2.73.